The van der Waals surface area contributed by atoms with Crippen molar-refractivity contribution in [3.8, 4) is 0 Å². The third kappa shape index (κ3) is 5.09. The van der Waals surface area contributed by atoms with E-state index in [1.807, 2.05) is 41.0 Å². The van der Waals surface area contributed by atoms with Gasteiger partial charge in [0.15, 0.2) is 0 Å². The first-order valence-electron chi connectivity index (χ1n) is 11.1. The largest absolute Gasteiger partial charge is 0.466 e. The number of piperidine rings is 3. The van der Waals surface area contributed by atoms with Crippen LogP contribution in [0.2, 0.25) is 0 Å². The third-order valence-corrected chi connectivity index (χ3v) is 7.05. The molecule has 1 aromatic rings. The highest BCUT2D eigenvalue weighted by Gasteiger charge is 2.40. The fourth-order valence-corrected chi connectivity index (χ4v) is 5.00. The lowest BCUT2D eigenvalue weighted by atomic mass is 9.70. The highest BCUT2D eigenvalue weighted by molar-refractivity contribution is 5.94. The van der Waals surface area contributed by atoms with Gasteiger partial charge in [-0.15, -0.1) is 12.4 Å². The Bertz CT molecular complexity index is 718. The predicted octanol–water partition coefficient (Wildman–Crippen LogP) is 3.72. The van der Waals surface area contributed by atoms with Gasteiger partial charge in [0.05, 0.1) is 6.61 Å². The van der Waals surface area contributed by atoms with Crippen LogP contribution in [0.1, 0.15) is 44.6 Å². The van der Waals surface area contributed by atoms with Gasteiger partial charge >= 0.3 is 12.0 Å². The number of amides is 2. The monoisotopic (exact) mass is 435 g/mol. The Balaban J connectivity index is 0.00000256. The molecule has 0 unspecified atom stereocenters. The fraction of sp³-hybridized carbons (Fsp3) is 0.652. The molecule has 1 aromatic carbocycles. The summed E-state index contributed by atoms with van der Waals surface area (Å²) >= 11 is 0. The van der Waals surface area contributed by atoms with Crippen molar-refractivity contribution in [2.75, 3.05) is 50.8 Å². The number of ether oxygens (including phenoxy) is 1. The molecule has 0 saturated carbocycles. The van der Waals surface area contributed by atoms with Crippen LogP contribution in [0, 0.1) is 5.41 Å². The quantitative estimate of drug-likeness (QED) is 0.584. The number of benzene rings is 1. The molecule has 0 aromatic heterocycles. The average molecular weight is 436 g/mol. The molecule has 0 N–H and O–H groups in total. The zero-order valence-corrected chi connectivity index (χ0v) is 18.8. The number of esters is 1. The van der Waals surface area contributed by atoms with Crippen molar-refractivity contribution in [1.29, 1.82) is 0 Å². The van der Waals surface area contributed by atoms with Crippen LogP contribution in [0.15, 0.2) is 24.3 Å². The summed E-state index contributed by atoms with van der Waals surface area (Å²) in [6, 6.07) is 8.15. The summed E-state index contributed by atoms with van der Waals surface area (Å²) < 4.78 is 4.98. The first-order chi connectivity index (χ1) is 14.1. The van der Waals surface area contributed by atoms with E-state index in [9.17, 15) is 9.59 Å². The predicted molar refractivity (Wildman–Crippen MR) is 120 cm³/mol. The summed E-state index contributed by atoms with van der Waals surface area (Å²) in [5, 5.41) is 0. The Morgan fingerprint density at radius 3 is 2.33 bits per heavy atom. The minimum atomic E-state index is -0.162. The molecule has 6 nitrogen and oxygen atoms in total. The standard InChI is InChI=1S/C23H33N3O3.ClH/c1-2-29-21(27)8-5-19-3-6-20(7-4-19)26-18-17-25(22(26)28)16-12-23-9-13-24(14-10-23)15-11-23;/h3-4,6-7H,2,5,8-18H2,1H3;1H. The van der Waals surface area contributed by atoms with Gasteiger partial charge < -0.3 is 14.5 Å². The van der Waals surface area contributed by atoms with Crippen molar-refractivity contribution in [3.05, 3.63) is 29.8 Å². The maximum Gasteiger partial charge on any atom is 0.324 e. The summed E-state index contributed by atoms with van der Waals surface area (Å²) in [5.41, 5.74) is 2.51. The molecule has 2 bridgehead atoms. The lowest BCUT2D eigenvalue weighted by Crippen LogP contribution is -2.49. The minimum Gasteiger partial charge on any atom is -0.466 e. The van der Waals surface area contributed by atoms with E-state index in [1.165, 1.54) is 38.9 Å². The average Bonchev–Trinajstić information content (AvgIpc) is 3.13. The number of halogens is 1. The van der Waals surface area contributed by atoms with Crippen LogP contribution in [0.5, 0.6) is 0 Å². The number of hydrogen-bond donors (Lipinski definition) is 0. The lowest BCUT2D eigenvalue weighted by molar-refractivity contribution is -0.143. The summed E-state index contributed by atoms with van der Waals surface area (Å²) in [6.45, 7) is 8.40. The normalized spacial score (nSPS) is 25.4. The second-order valence-corrected chi connectivity index (χ2v) is 8.73. The number of hydrogen-bond acceptors (Lipinski definition) is 4. The Hall–Kier alpha value is -1.79. The van der Waals surface area contributed by atoms with Crippen molar-refractivity contribution in [2.24, 2.45) is 5.41 Å². The second-order valence-electron chi connectivity index (χ2n) is 8.73. The van der Waals surface area contributed by atoms with Crippen LogP contribution < -0.4 is 4.90 Å². The van der Waals surface area contributed by atoms with Gasteiger partial charge in [0.1, 0.15) is 0 Å². The Morgan fingerprint density at radius 2 is 1.70 bits per heavy atom. The van der Waals surface area contributed by atoms with Crippen molar-refractivity contribution >= 4 is 30.1 Å². The topological polar surface area (TPSA) is 53.1 Å². The summed E-state index contributed by atoms with van der Waals surface area (Å²) in [6.07, 6.45) is 6.10. The fourth-order valence-electron chi connectivity index (χ4n) is 5.00. The summed E-state index contributed by atoms with van der Waals surface area (Å²) in [4.78, 5) is 30.9. The van der Waals surface area contributed by atoms with E-state index >= 15 is 0 Å². The van der Waals surface area contributed by atoms with E-state index in [-0.39, 0.29) is 24.4 Å². The van der Waals surface area contributed by atoms with Crippen LogP contribution >= 0.6 is 12.4 Å². The lowest BCUT2D eigenvalue weighted by Gasteiger charge is -2.49. The van der Waals surface area contributed by atoms with Crippen LogP contribution in [-0.4, -0.2) is 67.7 Å². The van der Waals surface area contributed by atoms with Crippen molar-refractivity contribution < 1.29 is 14.3 Å². The number of fused-ring (bicyclic) bond motifs is 3. The van der Waals surface area contributed by atoms with E-state index in [1.54, 1.807) is 0 Å². The van der Waals surface area contributed by atoms with Crippen LogP contribution in [0.3, 0.4) is 0 Å². The summed E-state index contributed by atoms with van der Waals surface area (Å²) in [5.74, 6) is -0.162. The zero-order chi connectivity index (χ0) is 20.3. The number of carbonyl (C=O) groups excluding carboxylic acids is 2. The van der Waals surface area contributed by atoms with E-state index in [2.05, 4.69) is 4.90 Å². The number of rotatable bonds is 8. The molecule has 4 saturated heterocycles. The smallest absolute Gasteiger partial charge is 0.324 e. The second kappa shape index (κ2) is 10.0. The number of aryl methyl sites for hydroxylation is 1. The highest BCUT2D eigenvalue weighted by Crippen LogP contribution is 2.43. The minimum absolute atomic E-state index is 0. The Kier molecular flexibility index (Phi) is 7.64. The molecule has 166 valence electrons. The van der Waals surface area contributed by atoms with E-state index < -0.39 is 0 Å². The van der Waals surface area contributed by atoms with Crippen molar-refractivity contribution in [3.63, 3.8) is 0 Å². The molecule has 2 amide bonds. The van der Waals surface area contributed by atoms with Gasteiger partial charge in [0, 0.05) is 31.7 Å². The van der Waals surface area contributed by atoms with Crippen LogP contribution in [0.4, 0.5) is 10.5 Å². The van der Waals surface area contributed by atoms with Gasteiger partial charge in [-0.3, -0.25) is 9.69 Å². The van der Waals surface area contributed by atoms with Gasteiger partial charge in [-0.05, 0) is 81.8 Å². The number of nitrogens with zero attached hydrogens (tertiary/aromatic N) is 3. The molecule has 0 aliphatic carbocycles. The first-order valence-corrected chi connectivity index (χ1v) is 11.1. The van der Waals surface area contributed by atoms with E-state index in [0.29, 0.717) is 24.9 Å². The molecule has 4 aliphatic heterocycles. The molecule has 30 heavy (non-hydrogen) atoms. The van der Waals surface area contributed by atoms with E-state index in [0.717, 1.165) is 37.3 Å². The molecular weight excluding hydrogens is 402 g/mol. The van der Waals surface area contributed by atoms with Gasteiger partial charge in [-0.25, -0.2) is 4.79 Å². The van der Waals surface area contributed by atoms with Crippen molar-refractivity contribution in [1.82, 2.24) is 9.80 Å². The van der Waals surface area contributed by atoms with Crippen molar-refractivity contribution in [2.45, 2.75) is 45.4 Å². The van der Waals surface area contributed by atoms with Crippen LogP contribution in [0.25, 0.3) is 0 Å². The molecule has 4 aliphatic rings. The molecule has 4 heterocycles. The molecule has 0 radical (unpaired) electrons. The van der Waals surface area contributed by atoms with E-state index in [4.69, 9.17) is 4.74 Å². The Morgan fingerprint density at radius 1 is 1.03 bits per heavy atom. The molecule has 5 rings (SSSR count). The molecule has 4 fully saturated rings. The molecule has 0 atom stereocenters. The van der Waals surface area contributed by atoms with Gasteiger partial charge in [0.25, 0.3) is 0 Å². The van der Waals surface area contributed by atoms with Gasteiger partial charge in [-0.2, -0.15) is 0 Å². The summed E-state index contributed by atoms with van der Waals surface area (Å²) in [7, 11) is 0. The molecular formula is C23H34ClN3O3. The third-order valence-electron chi connectivity index (χ3n) is 7.05. The molecule has 0 spiro atoms. The first kappa shape index (κ1) is 22.9. The number of carbonyl (C=O) groups is 2. The van der Waals surface area contributed by atoms with Gasteiger partial charge in [-0.1, -0.05) is 12.1 Å². The zero-order valence-electron chi connectivity index (χ0n) is 18.0. The maximum absolute atomic E-state index is 12.9. The number of anilines is 1. The van der Waals surface area contributed by atoms with Gasteiger partial charge in [0.2, 0.25) is 0 Å². The number of urea groups is 1. The Labute approximate surface area is 185 Å². The van der Waals surface area contributed by atoms with Crippen LogP contribution in [-0.2, 0) is 16.0 Å². The molecule has 7 heteroatoms. The SMILES string of the molecule is CCOC(=O)CCc1ccc(N2CCN(CCC34CCN(CC3)CC4)C2=O)cc1.Cl. The maximum atomic E-state index is 12.9. The highest BCUT2D eigenvalue weighted by atomic mass is 35.5.